The fraction of sp³-hybridized carbons (Fsp3) is 0.267. The first-order valence-corrected chi connectivity index (χ1v) is 8.66. The minimum absolute atomic E-state index is 0.318. The van der Waals surface area contributed by atoms with Crippen molar-refractivity contribution in [2.75, 3.05) is 36.9 Å². The molecule has 0 saturated carbocycles. The van der Waals surface area contributed by atoms with Crippen molar-refractivity contribution in [2.24, 2.45) is 0 Å². The van der Waals surface area contributed by atoms with Gasteiger partial charge in [-0.25, -0.2) is 15.0 Å². The van der Waals surface area contributed by atoms with E-state index >= 15 is 0 Å². The van der Waals surface area contributed by atoms with Gasteiger partial charge in [0.05, 0.1) is 23.1 Å². The molecule has 9 heteroatoms. The highest BCUT2D eigenvalue weighted by Crippen LogP contribution is 2.37. The largest absolute Gasteiger partial charge is 0.382 e. The average molecular weight is 363 g/mol. The lowest BCUT2D eigenvalue weighted by Gasteiger charge is -2.28. The Hall–Kier alpha value is -2.03. The summed E-state index contributed by atoms with van der Waals surface area (Å²) >= 11 is 7.72. The van der Waals surface area contributed by atoms with Crippen molar-refractivity contribution >= 4 is 40.8 Å². The van der Waals surface area contributed by atoms with Crippen molar-refractivity contribution in [3.8, 4) is 0 Å². The molecule has 1 aliphatic rings. The number of pyridine rings is 1. The molecular weight excluding hydrogens is 348 g/mol. The van der Waals surface area contributed by atoms with Gasteiger partial charge in [-0.05, 0) is 6.07 Å². The molecule has 1 fully saturated rings. The normalized spacial score (nSPS) is 15.1. The molecule has 0 radical (unpaired) electrons. The van der Waals surface area contributed by atoms with Crippen LogP contribution >= 0.6 is 23.4 Å². The van der Waals surface area contributed by atoms with Gasteiger partial charge in [-0.15, -0.1) is 0 Å². The van der Waals surface area contributed by atoms with E-state index in [-0.39, 0.29) is 0 Å². The first-order valence-electron chi connectivity index (χ1n) is 7.46. The molecule has 0 bridgehead atoms. The van der Waals surface area contributed by atoms with Crippen LogP contribution in [0.1, 0.15) is 0 Å². The van der Waals surface area contributed by atoms with Crippen LogP contribution in [0.15, 0.2) is 40.6 Å². The van der Waals surface area contributed by atoms with Gasteiger partial charge in [-0.3, -0.25) is 4.40 Å². The van der Waals surface area contributed by atoms with Crippen LogP contribution in [-0.4, -0.2) is 45.7 Å². The molecule has 0 atom stereocenters. The Balaban J connectivity index is 1.72. The van der Waals surface area contributed by atoms with E-state index in [0.717, 1.165) is 34.5 Å². The third-order valence-corrected chi connectivity index (χ3v) is 5.35. The summed E-state index contributed by atoms with van der Waals surface area (Å²) in [5.41, 5.74) is 6.61. The number of ether oxygens (including phenoxy) is 1. The molecule has 4 heterocycles. The Labute approximate surface area is 147 Å². The maximum atomic E-state index is 6.24. The molecule has 0 aliphatic carbocycles. The Morgan fingerprint density at radius 2 is 1.96 bits per heavy atom. The number of hydrogen-bond donors (Lipinski definition) is 1. The Bertz CT molecular complexity index is 880. The zero-order valence-electron chi connectivity index (χ0n) is 12.7. The van der Waals surface area contributed by atoms with Crippen molar-refractivity contribution in [3.05, 3.63) is 35.9 Å². The fourth-order valence-corrected chi connectivity index (χ4v) is 3.73. The Morgan fingerprint density at radius 1 is 1.12 bits per heavy atom. The summed E-state index contributed by atoms with van der Waals surface area (Å²) in [5, 5.41) is 0.449. The van der Waals surface area contributed by atoms with E-state index in [1.807, 2.05) is 22.9 Å². The van der Waals surface area contributed by atoms with E-state index in [1.54, 1.807) is 12.4 Å². The fourth-order valence-electron chi connectivity index (χ4n) is 2.59. The van der Waals surface area contributed by atoms with Gasteiger partial charge in [0, 0.05) is 42.8 Å². The number of nitrogens with zero attached hydrogens (tertiary/aromatic N) is 5. The zero-order chi connectivity index (χ0) is 16.5. The van der Waals surface area contributed by atoms with Gasteiger partial charge in [-0.2, -0.15) is 0 Å². The minimum atomic E-state index is 0.318. The number of nitrogens with two attached hydrogens (primary N) is 1. The molecule has 2 N–H and O–H groups in total. The molecular formula is C15H15ClN6OS. The lowest BCUT2D eigenvalue weighted by atomic mass is 10.4. The van der Waals surface area contributed by atoms with E-state index in [9.17, 15) is 0 Å². The van der Waals surface area contributed by atoms with E-state index in [1.165, 1.54) is 11.8 Å². The number of hydrogen-bond acceptors (Lipinski definition) is 7. The second kappa shape index (κ2) is 6.46. The smallest absolute Gasteiger partial charge is 0.211 e. The second-order valence-corrected chi connectivity index (χ2v) is 6.71. The predicted octanol–water partition coefficient (Wildman–Crippen LogP) is 2.35. The summed E-state index contributed by atoms with van der Waals surface area (Å²) in [6, 6.07) is 1.83. The van der Waals surface area contributed by atoms with Gasteiger partial charge in [0.2, 0.25) is 5.95 Å². The summed E-state index contributed by atoms with van der Waals surface area (Å²) in [7, 11) is 0. The zero-order valence-corrected chi connectivity index (χ0v) is 14.3. The minimum Gasteiger partial charge on any atom is -0.382 e. The van der Waals surface area contributed by atoms with E-state index in [4.69, 9.17) is 22.1 Å². The molecule has 1 aliphatic heterocycles. The molecule has 0 amide bonds. The second-order valence-electron chi connectivity index (χ2n) is 5.25. The van der Waals surface area contributed by atoms with Crippen molar-refractivity contribution in [1.82, 2.24) is 19.4 Å². The molecule has 1 saturated heterocycles. The van der Waals surface area contributed by atoms with Crippen LogP contribution in [0, 0.1) is 0 Å². The van der Waals surface area contributed by atoms with Gasteiger partial charge in [0.15, 0.2) is 5.65 Å². The highest BCUT2D eigenvalue weighted by molar-refractivity contribution is 7.99. The van der Waals surface area contributed by atoms with E-state index in [2.05, 4.69) is 19.9 Å². The maximum Gasteiger partial charge on any atom is 0.211 e. The number of fused-ring (bicyclic) bond motifs is 1. The maximum absolute atomic E-state index is 6.24. The van der Waals surface area contributed by atoms with Crippen LogP contribution in [0.4, 0.5) is 11.8 Å². The van der Waals surface area contributed by atoms with Crippen molar-refractivity contribution < 1.29 is 4.74 Å². The molecule has 124 valence electrons. The van der Waals surface area contributed by atoms with E-state index < -0.39 is 0 Å². The Morgan fingerprint density at radius 3 is 2.79 bits per heavy atom. The predicted molar refractivity (Wildman–Crippen MR) is 93.8 cm³/mol. The van der Waals surface area contributed by atoms with Crippen LogP contribution in [0.25, 0.3) is 5.65 Å². The number of nitrogen functional groups attached to an aromatic ring is 1. The van der Waals surface area contributed by atoms with Crippen molar-refractivity contribution in [3.63, 3.8) is 0 Å². The number of halogens is 1. The lowest BCUT2D eigenvalue weighted by molar-refractivity contribution is 0.122. The van der Waals surface area contributed by atoms with Crippen LogP contribution < -0.4 is 10.6 Å². The summed E-state index contributed by atoms with van der Waals surface area (Å²) in [4.78, 5) is 17.0. The Kier molecular flexibility index (Phi) is 4.17. The van der Waals surface area contributed by atoms with Gasteiger partial charge in [0.1, 0.15) is 5.82 Å². The third-order valence-electron chi connectivity index (χ3n) is 3.77. The molecule has 24 heavy (non-hydrogen) atoms. The highest BCUT2D eigenvalue weighted by atomic mass is 35.5. The number of morpholine rings is 1. The summed E-state index contributed by atoms with van der Waals surface area (Å²) < 4.78 is 7.40. The summed E-state index contributed by atoms with van der Waals surface area (Å²) in [6.07, 6.45) is 7.15. The van der Waals surface area contributed by atoms with Crippen molar-refractivity contribution in [2.45, 2.75) is 9.79 Å². The van der Waals surface area contributed by atoms with Crippen molar-refractivity contribution in [1.29, 1.82) is 0 Å². The van der Waals surface area contributed by atoms with Crippen LogP contribution in [0.2, 0.25) is 5.02 Å². The lowest BCUT2D eigenvalue weighted by Crippen LogP contribution is -2.37. The van der Waals surface area contributed by atoms with Gasteiger partial charge >= 0.3 is 0 Å². The quantitative estimate of drug-likeness (QED) is 0.765. The molecule has 3 aromatic rings. The molecule has 7 nitrogen and oxygen atoms in total. The molecule has 3 aromatic heterocycles. The van der Waals surface area contributed by atoms with Crippen LogP contribution in [0.3, 0.4) is 0 Å². The monoisotopic (exact) mass is 362 g/mol. The van der Waals surface area contributed by atoms with Gasteiger partial charge in [-0.1, -0.05) is 23.4 Å². The van der Waals surface area contributed by atoms with Crippen LogP contribution in [0.5, 0.6) is 0 Å². The topological polar surface area (TPSA) is 81.6 Å². The summed E-state index contributed by atoms with van der Waals surface area (Å²) in [5.74, 6) is 1.19. The third kappa shape index (κ3) is 2.77. The van der Waals surface area contributed by atoms with Gasteiger partial charge in [0.25, 0.3) is 0 Å². The highest BCUT2D eigenvalue weighted by Gasteiger charge is 2.18. The average Bonchev–Trinajstić information content (AvgIpc) is 3.10. The SMILES string of the molecule is Nc1nccc(Sc2cnc(N3CCOCC3)n3ccnc23)c1Cl. The van der Waals surface area contributed by atoms with Crippen LogP contribution in [-0.2, 0) is 4.74 Å². The number of aromatic nitrogens is 4. The first kappa shape index (κ1) is 15.5. The molecule has 0 unspecified atom stereocenters. The standard InChI is InChI=1S/C15H15ClN6OS/c16-12-10(1-2-18-13(12)17)24-11-9-20-15(21-5-7-23-8-6-21)22-4-3-19-14(11)22/h1-4,9H,5-8H2,(H2,17,18). The summed E-state index contributed by atoms with van der Waals surface area (Å²) in [6.45, 7) is 3.06. The number of anilines is 2. The van der Waals surface area contributed by atoms with Gasteiger partial charge < -0.3 is 15.4 Å². The molecule has 4 rings (SSSR count). The number of rotatable bonds is 3. The molecule has 0 spiro atoms. The van der Waals surface area contributed by atoms with E-state index in [0.29, 0.717) is 24.1 Å². The number of imidazole rings is 1. The first-order chi connectivity index (χ1) is 11.7. The molecule has 0 aromatic carbocycles.